The van der Waals surface area contributed by atoms with Crippen LogP contribution in [0, 0.1) is 5.92 Å². The topological polar surface area (TPSA) is 71.1 Å². The summed E-state index contributed by atoms with van der Waals surface area (Å²) < 4.78 is 58.0. The van der Waals surface area contributed by atoms with Gasteiger partial charge in [-0.25, -0.2) is 0 Å². The highest BCUT2D eigenvalue weighted by atomic mass is 19.4. The van der Waals surface area contributed by atoms with Gasteiger partial charge in [0.1, 0.15) is 24.7 Å². The molecule has 1 heterocycles. The number of halogens is 3. The van der Waals surface area contributed by atoms with Gasteiger partial charge in [-0.05, 0) is 0 Å². The summed E-state index contributed by atoms with van der Waals surface area (Å²) in [4.78, 5) is 21.7. The summed E-state index contributed by atoms with van der Waals surface area (Å²) in [6.45, 7) is 1.63. The highest BCUT2D eigenvalue weighted by molar-refractivity contribution is 5.66. The maximum Gasteiger partial charge on any atom is 0.400 e. The molecule has 0 N–H and O–H groups in total. The predicted molar refractivity (Wildman–Crippen MR) is 57.4 cm³/mol. The van der Waals surface area contributed by atoms with Gasteiger partial charge in [-0.3, -0.25) is 9.59 Å². The fourth-order valence-electron chi connectivity index (χ4n) is 1.94. The van der Waals surface area contributed by atoms with Crippen molar-refractivity contribution in [2.24, 2.45) is 5.92 Å². The van der Waals surface area contributed by atoms with E-state index in [1.165, 1.54) is 0 Å². The molecule has 1 aliphatic rings. The van der Waals surface area contributed by atoms with Crippen LogP contribution in [0.25, 0.3) is 0 Å². The van der Waals surface area contributed by atoms with Crippen molar-refractivity contribution in [2.45, 2.75) is 38.5 Å². The van der Waals surface area contributed by atoms with Crippen molar-refractivity contribution < 1.29 is 41.7 Å². The maximum atomic E-state index is 13.0. The van der Waals surface area contributed by atoms with E-state index in [2.05, 4.69) is 14.2 Å². The fraction of sp³-hybridized carbons (Fsp3) is 0.818. The average molecular weight is 300 g/mol. The molecule has 1 fully saturated rings. The number of alkyl halides is 3. The van der Waals surface area contributed by atoms with E-state index >= 15 is 0 Å². The van der Waals surface area contributed by atoms with Crippen molar-refractivity contribution in [3.63, 3.8) is 0 Å². The van der Waals surface area contributed by atoms with E-state index in [0.717, 1.165) is 21.0 Å². The minimum atomic E-state index is -4.69. The van der Waals surface area contributed by atoms with Gasteiger partial charge in [0.25, 0.3) is 0 Å². The van der Waals surface area contributed by atoms with Crippen LogP contribution in [0.4, 0.5) is 13.2 Å². The second-order valence-corrected chi connectivity index (χ2v) is 4.22. The molecule has 1 rings (SSSR count). The van der Waals surface area contributed by atoms with Gasteiger partial charge in [0.05, 0.1) is 0 Å². The lowest BCUT2D eigenvalue weighted by molar-refractivity contribution is -0.241. The minimum absolute atomic E-state index is 0.459. The van der Waals surface area contributed by atoms with Crippen molar-refractivity contribution in [3.8, 4) is 0 Å². The number of carbonyl (C=O) groups excluding carboxylic acids is 2. The third kappa shape index (κ3) is 4.07. The van der Waals surface area contributed by atoms with Gasteiger partial charge in [-0.15, -0.1) is 0 Å². The van der Waals surface area contributed by atoms with Crippen molar-refractivity contribution in [1.29, 1.82) is 0 Å². The molecule has 0 radical (unpaired) electrons. The molecule has 0 bridgehead atoms. The summed E-state index contributed by atoms with van der Waals surface area (Å²) >= 11 is 0. The Bertz CT molecular complexity index is 370. The Morgan fingerprint density at radius 2 is 1.80 bits per heavy atom. The molecule has 0 amide bonds. The summed E-state index contributed by atoms with van der Waals surface area (Å²) in [6, 6.07) is 0. The first-order valence-electron chi connectivity index (χ1n) is 5.72. The average Bonchev–Trinajstić information content (AvgIpc) is 2.63. The monoisotopic (exact) mass is 300 g/mol. The zero-order chi connectivity index (χ0) is 15.5. The summed E-state index contributed by atoms with van der Waals surface area (Å²) in [7, 11) is 1.04. The Morgan fingerprint density at radius 3 is 2.20 bits per heavy atom. The molecule has 0 aromatic heterocycles. The number of hydrogen-bond donors (Lipinski definition) is 0. The van der Waals surface area contributed by atoms with Crippen LogP contribution in [0.3, 0.4) is 0 Å². The standard InChI is InChI=1S/C11H15F3O6/c1-5(15)18-4-7-9(19-6(2)16)8(11(12,13)14)10(17-3)20-7/h7-10H,4H2,1-3H3/t7-,8+,9-,10+/m0/s1. The van der Waals surface area contributed by atoms with Crippen LogP contribution < -0.4 is 0 Å². The molecule has 1 saturated heterocycles. The lowest BCUT2D eigenvalue weighted by Crippen LogP contribution is -2.43. The Hall–Kier alpha value is -1.35. The number of ether oxygens (including phenoxy) is 4. The van der Waals surface area contributed by atoms with Crippen LogP contribution in [0.15, 0.2) is 0 Å². The molecule has 0 aromatic carbocycles. The number of esters is 2. The van der Waals surface area contributed by atoms with Crippen LogP contribution >= 0.6 is 0 Å². The Kier molecular flexibility index (Phi) is 5.35. The van der Waals surface area contributed by atoms with Crippen LogP contribution in [0.5, 0.6) is 0 Å². The summed E-state index contributed by atoms with van der Waals surface area (Å²) in [5, 5.41) is 0. The molecule has 6 nitrogen and oxygen atoms in total. The van der Waals surface area contributed by atoms with Gasteiger partial charge in [0, 0.05) is 21.0 Å². The van der Waals surface area contributed by atoms with Gasteiger partial charge < -0.3 is 18.9 Å². The molecule has 20 heavy (non-hydrogen) atoms. The first-order valence-corrected chi connectivity index (χ1v) is 5.72. The zero-order valence-electron chi connectivity index (χ0n) is 11.1. The van der Waals surface area contributed by atoms with Gasteiger partial charge >= 0.3 is 18.1 Å². The Labute approximate surface area is 113 Å². The lowest BCUT2D eigenvalue weighted by Gasteiger charge is -2.24. The van der Waals surface area contributed by atoms with Crippen LogP contribution in [-0.4, -0.2) is 50.3 Å². The molecular formula is C11H15F3O6. The van der Waals surface area contributed by atoms with Crippen LogP contribution in [0.2, 0.25) is 0 Å². The molecule has 0 saturated carbocycles. The van der Waals surface area contributed by atoms with Gasteiger partial charge in [-0.1, -0.05) is 0 Å². The van der Waals surface area contributed by atoms with E-state index in [1.54, 1.807) is 0 Å². The molecule has 0 aromatic rings. The van der Waals surface area contributed by atoms with E-state index in [9.17, 15) is 22.8 Å². The smallest absolute Gasteiger partial charge is 0.400 e. The number of carbonyl (C=O) groups is 2. The van der Waals surface area contributed by atoms with Crippen molar-refractivity contribution in [2.75, 3.05) is 13.7 Å². The summed E-state index contributed by atoms with van der Waals surface area (Å²) in [6.07, 6.45) is -9.18. The van der Waals surface area contributed by atoms with Crippen LogP contribution in [0.1, 0.15) is 13.8 Å². The molecule has 0 spiro atoms. The Balaban J connectivity index is 2.93. The molecule has 9 heteroatoms. The van der Waals surface area contributed by atoms with Crippen molar-refractivity contribution in [1.82, 2.24) is 0 Å². The van der Waals surface area contributed by atoms with E-state index in [1.807, 2.05) is 0 Å². The molecule has 116 valence electrons. The van der Waals surface area contributed by atoms with Gasteiger partial charge in [0.2, 0.25) is 0 Å². The predicted octanol–water partition coefficient (Wildman–Crippen LogP) is 1.03. The summed E-state index contributed by atoms with van der Waals surface area (Å²) in [5.74, 6) is -3.71. The maximum absolute atomic E-state index is 13.0. The third-order valence-electron chi connectivity index (χ3n) is 2.69. The number of rotatable bonds is 4. The van der Waals surface area contributed by atoms with Gasteiger partial charge in [-0.2, -0.15) is 13.2 Å². The summed E-state index contributed by atoms with van der Waals surface area (Å²) in [5.41, 5.74) is 0. The second-order valence-electron chi connectivity index (χ2n) is 4.22. The normalized spacial score (nSPS) is 30.1. The van der Waals surface area contributed by atoms with Crippen molar-refractivity contribution >= 4 is 11.9 Å². The van der Waals surface area contributed by atoms with E-state index in [0.29, 0.717) is 0 Å². The minimum Gasteiger partial charge on any atom is -0.463 e. The van der Waals surface area contributed by atoms with E-state index in [4.69, 9.17) is 4.74 Å². The van der Waals surface area contributed by atoms with E-state index in [-0.39, 0.29) is 0 Å². The highest BCUT2D eigenvalue weighted by Gasteiger charge is 2.60. The van der Waals surface area contributed by atoms with E-state index < -0.39 is 49.1 Å². The number of methoxy groups -OCH3 is 1. The zero-order valence-corrected chi connectivity index (χ0v) is 11.1. The van der Waals surface area contributed by atoms with Crippen LogP contribution in [-0.2, 0) is 28.5 Å². The SMILES string of the molecule is CO[C@@H]1O[C@@H](COC(C)=O)[C@H](OC(C)=O)[C@H]1C(F)(F)F. The highest BCUT2D eigenvalue weighted by Crippen LogP contribution is 2.41. The second kappa shape index (κ2) is 6.40. The van der Waals surface area contributed by atoms with Crippen molar-refractivity contribution in [3.05, 3.63) is 0 Å². The third-order valence-corrected chi connectivity index (χ3v) is 2.69. The first kappa shape index (κ1) is 16.7. The lowest BCUT2D eigenvalue weighted by atomic mass is 10.00. The molecule has 4 atom stereocenters. The molecule has 0 unspecified atom stereocenters. The first-order chi connectivity index (χ1) is 9.16. The molecule has 0 aliphatic carbocycles. The number of hydrogen-bond acceptors (Lipinski definition) is 6. The quantitative estimate of drug-likeness (QED) is 0.722. The molecular weight excluding hydrogens is 285 g/mol. The molecule has 1 aliphatic heterocycles. The largest absolute Gasteiger partial charge is 0.463 e. The fourth-order valence-corrected chi connectivity index (χ4v) is 1.94. The van der Waals surface area contributed by atoms with Gasteiger partial charge in [0.15, 0.2) is 6.29 Å². The Morgan fingerprint density at radius 1 is 1.20 bits per heavy atom.